The van der Waals surface area contributed by atoms with E-state index in [1.54, 1.807) is 6.07 Å². The lowest BCUT2D eigenvalue weighted by Gasteiger charge is -2.04. The highest BCUT2D eigenvalue weighted by molar-refractivity contribution is 7.12. The molecule has 0 aromatic carbocycles. The number of hydrogen-bond donors (Lipinski definition) is 0. The van der Waals surface area contributed by atoms with Gasteiger partial charge in [0, 0.05) is 19.2 Å². The van der Waals surface area contributed by atoms with Crippen LogP contribution in [0.2, 0.25) is 5.02 Å². The lowest BCUT2D eigenvalue weighted by molar-refractivity contribution is 0.0982. The van der Waals surface area contributed by atoms with Gasteiger partial charge in [-0.15, -0.1) is 11.3 Å². The Hall–Kier alpha value is -1.46. The van der Waals surface area contributed by atoms with Crippen molar-refractivity contribution in [3.63, 3.8) is 0 Å². The molecule has 0 aliphatic rings. The molecule has 0 spiro atoms. The first kappa shape index (κ1) is 13.0. The van der Waals surface area contributed by atoms with Crippen LogP contribution in [0.5, 0.6) is 0 Å². The van der Waals surface area contributed by atoms with Crippen LogP contribution < -0.4 is 5.69 Å². The lowest BCUT2D eigenvalue weighted by Crippen LogP contribution is -2.22. The lowest BCUT2D eigenvalue weighted by atomic mass is 10.2. The normalized spacial score (nSPS) is 10.5. The first-order valence-corrected chi connectivity index (χ1v) is 6.71. The average Bonchev–Trinajstić information content (AvgIpc) is 2.87. The third-order valence-electron chi connectivity index (χ3n) is 2.42. The fourth-order valence-electron chi connectivity index (χ4n) is 1.56. The molecule has 0 aliphatic carbocycles. The number of hydrogen-bond acceptors (Lipinski definition) is 4. The van der Waals surface area contributed by atoms with Gasteiger partial charge in [0.1, 0.15) is 0 Å². The molecule has 2 rings (SSSR count). The minimum atomic E-state index is -0.344. The van der Waals surface area contributed by atoms with Crippen molar-refractivity contribution in [2.45, 2.75) is 19.4 Å². The summed E-state index contributed by atoms with van der Waals surface area (Å²) in [6, 6.07) is 3.66. The smallest absolute Gasteiger partial charge is 0.298 e. The van der Waals surface area contributed by atoms with Gasteiger partial charge in [0.15, 0.2) is 5.78 Å². The predicted molar refractivity (Wildman–Crippen MR) is 71.4 cm³/mol. The van der Waals surface area contributed by atoms with Crippen LogP contribution in [0.25, 0.3) is 0 Å². The molecule has 4 nitrogen and oxygen atoms in total. The fourth-order valence-corrected chi connectivity index (χ4v) is 2.42. The van der Waals surface area contributed by atoms with Gasteiger partial charge in [0.2, 0.25) is 0 Å². The van der Waals surface area contributed by atoms with E-state index in [1.807, 2.05) is 11.4 Å². The van der Waals surface area contributed by atoms with Gasteiger partial charge >= 0.3 is 5.69 Å². The molecule has 0 saturated carbocycles. The zero-order valence-electron chi connectivity index (χ0n) is 9.51. The molecule has 0 atom stereocenters. The summed E-state index contributed by atoms with van der Waals surface area (Å²) < 4.78 is 1.42. The summed E-state index contributed by atoms with van der Waals surface area (Å²) in [6.45, 7) is 0.448. The average molecular weight is 283 g/mol. The molecular formula is C12H11ClN2O2S. The molecular weight excluding hydrogens is 272 g/mol. The first-order valence-electron chi connectivity index (χ1n) is 5.45. The Kier molecular flexibility index (Phi) is 4.28. The summed E-state index contributed by atoms with van der Waals surface area (Å²) in [5.41, 5.74) is -0.344. The Morgan fingerprint density at radius 2 is 2.33 bits per heavy atom. The van der Waals surface area contributed by atoms with Gasteiger partial charge in [0.25, 0.3) is 0 Å². The molecule has 0 amide bonds. The molecule has 2 aromatic rings. The molecule has 0 fully saturated rings. The van der Waals surface area contributed by atoms with Crippen LogP contribution in [0.1, 0.15) is 22.5 Å². The van der Waals surface area contributed by atoms with E-state index >= 15 is 0 Å². The molecule has 0 unspecified atom stereocenters. The molecule has 0 saturated heterocycles. The van der Waals surface area contributed by atoms with Crippen molar-refractivity contribution < 1.29 is 4.79 Å². The third-order valence-corrected chi connectivity index (χ3v) is 3.53. The van der Waals surface area contributed by atoms with Crippen LogP contribution in [0, 0.1) is 0 Å². The number of carbonyl (C=O) groups excluding carboxylic acids is 1. The van der Waals surface area contributed by atoms with Crippen molar-refractivity contribution >= 4 is 28.7 Å². The summed E-state index contributed by atoms with van der Waals surface area (Å²) in [5.74, 6) is 0.105. The molecule has 94 valence electrons. The third kappa shape index (κ3) is 3.27. The summed E-state index contributed by atoms with van der Waals surface area (Å²) >= 11 is 7.18. The standard InChI is InChI=1S/C12H11ClN2O2S/c13-9-7-14-12(17)15(8-9)5-1-3-10(16)11-4-2-6-18-11/h2,4,6-8H,1,3,5H2. The highest BCUT2D eigenvalue weighted by Crippen LogP contribution is 2.12. The van der Waals surface area contributed by atoms with Crippen LogP contribution in [0.4, 0.5) is 0 Å². The number of carbonyl (C=O) groups is 1. The summed E-state index contributed by atoms with van der Waals surface area (Å²) in [4.78, 5) is 27.5. The van der Waals surface area contributed by atoms with E-state index in [9.17, 15) is 9.59 Å². The monoisotopic (exact) mass is 282 g/mol. The zero-order chi connectivity index (χ0) is 13.0. The summed E-state index contributed by atoms with van der Waals surface area (Å²) in [7, 11) is 0. The molecule has 2 aromatic heterocycles. The fraction of sp³-hybridized carbons (Fsp3) is 0.250. The van der Waals surface area contributed by atoms with Crippen LogP contribution in [0.3, 0.4) is 0 Å². The number of rotatable bonds is 5. The Bertz CT molecular complexity index is 592. The Morgan fingerprint density at radius 3 is 3.06 bits per heavy atom. The highest BCUT2D eigenvalue weighted by atomic mass is 35.5. The molecule has 2 heterocycles. The maximum atomic E-state index is 11.7. The van der Waals surface area contributed by atoms with Crippen LogP contribution >= 0.6 is 22.9 Å². The van der Waals surface area contributed by atoms with Crippen molar-refractivity contribution in [3.05, 3.63) is 50.3 Å². The van der Waals surface area contributed by atoms with Gasteiger partial charge in [-0.05, 0) is 17.9 Å². The quantitative estimate of drug-likeness (QED) is 0.792. The van der Waals surface area contributed by atoms with Crippen molar-refractivity contribution in [1.29, 1.82) is 0 Å². The zero-order valence-corrected chi connectivity index (χ0v) is 11.1. The number of ketones is 1. The van der Waals surface area contributed by atoms with E-state index in [1.165, 1.54) is 28.3 Å². The number of aryl methyl sites for hydroxylation is 1. The van der Waals surface area contributed by atoms with Gasteiger partial charge < -0.3 is 0 Å². The number of nitrogens with zero attached hydrogens (tertiary/aromatic N) is 2. The SMILES string of the molecule is O=C(CCCn1cc(Cl)cnc1=O)c1cccs1. The largest absolute Gasteiger partial charge is 0.347 e. The second-order valence-corrected chi connectivity index (χ2v) is 5.14. The summed E-state index contributed by atoms with van der Waals surface area (Å²) in [6.07, 6.45) is 3.86. The van der Waals surface area contributed by atoms with Crippen molar-refractivity contribution in [3.8, 4) is 0 Å². The van der Waals surface area contributed by atoms with Crippen LogP contribution in [-0.2, 0) is 6.54 Å². The molecule has 0 N–H and O–H groups in total. The number of aromatic nitrogens is 2. The summed E-state index contributed by atoms with van der Waals surface area (Å²) in [5, 5.41) is 2.29. The van der Waals surface area contributed by atoms with E-state index in [4.69, 9.17) is 11.6 Å². The molecule has 6 heteroatoms. The van der Waals surface area contributed by atoms with Gasteiger partial charge in [-0.25, -0.2) is 9.78 Å². The number of thiophene rings is 1. The van der Waals surface area contributed by atoms with E-state index < -0.39 is 0 Å². The van der Waals surface area contributed by atoms with Crippen molar-refractivity contribution in [2.24, 2.45) is 0 Å². The van der Waals surface area contributed by atoms with E-state index in [2.05, 4.69) is 4.98 Å². The highest BCUT2D eigenvalue weighted by Gasteiger charge is 2.06. The van der Waals surface area contributed by atoms with E-state index in [0.717, 1.165) is 4.88 Å². The Balaban J connectivity index is 1.91. The molecule has 0 radical (unpaired) electrons. The van der Waals surface area contributed by atoms with Gasteiger partial charge in [0.05, 0.1) is 16.1 Å². The maximum absolute atomic E-state index is 11.7. The van der Waals surface area contributed by atoms with Crippen molar-refractivity contribution in [2.75, 3.05) is 0 Å². The molecule has 0 bridgehead atoms. The topological polar surface area (TPSA) is 52.0 Å². The Labute approximate surface area is 113 Å². The van der Waals surface area contributed by atoms with Crippen LogP contribution in [0.15, 0.2) is 34.7 Å². The van der Waals surface area contributed by atoms with Crippen molar-refractivity contribution in [1.82, 2.24) is 9.55 Å². The minimum absolute atomic E-state index is 0.105. The van der Waals surface area contributed by atoms with Gasteiger partial charge in [-0.3, -0.25) is 9.36 Å². The molecule has 18 heavy (non-hydrogen) atoms. The van der Waals surface area contributed by atoms with Gasteiger partial charge in [-0.2, -0.15) is 0 Å². The van der Waals surface area contributed by atoms with E-state index in [-0.39, 0.29) is 11.5 Å². The maximum Gasteiger partial charge on any atom is 0.347 e. The minimum Gasteiger partial charge on any atom is -0.298 e. The van der Waals surface area contributed by atoms with Crippen LogP contribution in [-0.4, -0.2) is 15.3 Å². The van der Waals surface area contributed by atoms with E-state index in [0.29, 0.717) is 24.4 Å². The Morgan fingerprint density at radius 1 is 1.50 bits per heavy atom. The second-order valence-electron chi connectivity index (χ2n) is 3.75. The first-order chi connectivity index (χ1) is 8.66. The predicted octanol–water partition coefficient (Wildman–Crippen LogP) is 2.62. The van der Waals surface area contributed by atoms with Gasteiger partial charge in [-0.1, -0.05) is 17.7 Å². The second kappa shape index (κ2) is 5.93. The molecule has 0 aliphatic heterocycles. The number of halogens is 1. The number of Topliss-reactive ketones (excluding diaryl/α,β-unsaturated/α-hetero) is 1.